The van der Waals surface area contributed by atoms with Crippen LogP contribution in [0.2, 0.25) is 0 Å². The summed E-state index contributed by atoms with van der Waals surface area (Å²) in [5, 5.41) is 7.04. The Labute approximate surface area is 260 Å². The van der Waals surface area contributed by atoms with Gasteiger partial charge in [-0.05, 0) is 73.0 Å². The number of anilines is 1. The predicted octanol–water partition coefficient (Wildman–Crippen LogP) is 9.12. The van der Waals surface area contributed by atoms with Crippen molar-refractivity contribution in [1.82, 2.24) is 25.0 Å². The van der Waals surface area contributed by atoms with Crippen LogP contribution in [-0.4, -0.2) is 35.0 Å². The summed E-state index contributed by atoms with van der Waals surface area (Å²) in [5.74, 6) is 1.86. The largest absolute Gasteiger partial charge is 0.387 e. The van der Waals surface area contributed by atoms with E-state index in [9.17, 15) is 0 Å². The zero-order valence-corrected chi connectivity index (χ0v) is 28.1. The van der Waals surface area contributed by atoms with Crippen LogP contribution < -0.4 is 16.4 Å². The number of unbranched alkanes of at least 4 members (excludes halogenated alkanes) is 1. The van der Waals surface area contributed by atoms with Crippen molar-refractivity contribution in [2.75, 3.05) is 26.4 Å². The van der Waals surface area contributed by atoms with Crippen LogP contribution in [0, 0.1) is 0 Å². The maximum absolute atomic E-state index is 6.05. The highest BCUT2D eigenvalue weighted by Gasteiger charge is 2.21. The molecule has 0 saturated carbocycles. The molecular formula is C35H55ClN6. The van der Waals surface area contributed by atoms with Crippen molar-refractivity contribution in [3.05, 3.63) is 102 Å². The molecule has 0 aliphatic carbocycles. The fourth-order valence-electron chi connectivity index (χ4n) is 3.81. The van der Waals surface area contributed by atoms with Gasteiger partial charge in [-0.2, -0.15) is 0 Å². The number of imidazole rings is 1. The summed E-state index contributed by atoms with van der Waals surface area (Å²) in [6, 6.07) is 0. The van der Waals surface area contributed by atoms with Crippen LogP contribution in [0.25, 0.3) is 11.2 Å². The molecular weight excluding hydrogens is 540 g/mol. The number of hydrogen-bond acceptors (Lipinski definition) is 5. The van der Waals surface area contributed by atoms with Gasteiger partial charge in [-0.15, -0.1) is 0 Å². The van der Waals surface area contributed by atoms with Crippen molar-refractivity contribution in [2.24, 2.45) is 0 Å². The Balaban J connectivity index is 0.000000684. The molecule has 2 aromatic heterocycles. The van der Waals surface area contributed by atoms with Crippen molar-refractivity contribution >= 4 is 28.6 Å². The summed E-state index contributed by atoms with van der Waals surface area (Å²) in [6.45, 7) is 21.1. The Hall–Kier alpha value is -3.35. The third kappa shape index (κ3) is 15.0. The minimum Gasteiger partial charge on any atom is -0.387 e. The Morgan fingerprint density at radius 3 is 2.38 bits per heavy atom. The molecule has 7 heteroatoms. The van der Waals surface area contributed by atoms with Crippen molar-refractivity contribution in [1.29, 1.82) is 0 Å². The lowest BCUT2D eigenvalue weighted by Crippen LogP contribution is -2.14. The Morgan fingerprint density at radius 1 is 1.12 bits per heavy atom. The minimum absolute atomic E-state index is 0.366. The molecule has 2 rings (SSSR count). The zero-order valence-electron chi connectivity index (χ0n) is 27.3. The first-order chi connectivity index (χ1) is 20.1. The SMILES string of the molecule is C=C(C)/C=C\C=C/C.C=C(NC)c1nc(C(CC)CCNC)n2ccnc(N)c12.C\C=C(Cl)/C=C\C=C(/C)CCCC. The summed E-state index contributed by atoms with van der Waals surface area (Å²) in [7, 11) is 3.80. The molecule has 232 valence electrons. The van der Waals surface area contributed by atoms with Crippen LogP contribution in [-0.2, 0) is 0 Å². The molecule has 0 bridgehead atoms. The zero-order chi connectivity index (χ0) is 31.9. The maximum Gasteiger partial charge on any atom is 0.150 e. The number of aromatic nitrogens is 3. The van der Waals surface area contributed by atoms with Crippen LogP contribution in [0.3, 0.4) is 0 Å². The predicted molar refractivity (Wildman–Crippen MR) is 188 cm³/mol. The first kappa shape index (κ1) is 38.6. The highest BCUT2D eigenvalue weighted by molar-refractivity contribution is 6.31. The summed E-state index contributed by atoms with van der Waals surface area (Å²) < 4.78 is 2.05. The number of halogens is 1. The molecule has 1 atom stereocenters. The van der Waals surface area contributed by atoms with Gasteiger partial charge >= 0.3 is 0 Å². The van der Waals surface area contributed by atoms with Crippen molar-refractivity contribution in [3.63, 3.8) is 0 Å². The van der Waals surface area contributed by atoms with Gasteiger partial charge in [0.05, 0.1) is 5.70 Å². The molecule has 2 heterocycles. The minimum atomic E-state index is 0.366. The van der Waals surface area contributed by atoms with Gasteiger partial charge in [0.2, 0.25) is 0 Å². The summed E-state index contributed by atoms with van der Waals surface area (Å²) >= 11 is 5.80. The summed E-state index contributed by atoms with van der Waals surface area (Å²) in [6.07, 6.45) is 25.2. The molecule has 0 radical (unpaired) electrons. The first-order valence-corrected chi connectivity index (χ1v) is 15.2. The fraction of sp³-hybridized carbons (Fsp3) is 0.429. The summed E-state index contributed by atoms with van der Waals surface area (Å²) in [4.78, 5) is 8.98. The van der Waals surface area contributed by atoms with E-state index in [1.54, 1.807) is 6.20 Å². The number of nitrogens with two attached hydrogens (primary N) is 1. The number of allylic oxidation sites excluding steroid dienone is 11. The Bertz CT molecular complexity index is 1230. The molecule has 0 aromatic carbocycles. The average Bonchev–Trinajstić information content (AvgIpc) is 3.37. The smallest absolute Gasteiger partial charge is 0.150 e. The van der Waals surface area contributed by atoms with Gasteiger partial charge in [0.15, 0.2) is 0 Å². The topological polar surface area (TPSA) is 80.3 Å². The van der Waals surface area contributed by atoms with Crippen molar-refractivity contribution in [3.8, 4) is 0 Å². The van der Waals surface area contributed by atoms with Crippen LogP contribution >= 0.6 is 11.6 Å². The highest BCUT2D eigenvalue weighted by atomic mass is 35.5. The number of nitrogens with zero attached hydrogens (tertiary/aromatic N) is 3. The van der Waals surface area contributed by atoms with Gasteiger partial charge in [-0.25, -0.2) is 9.97 Å². The maximum atomic E-state index is 6.05. The van der Waals surface area contributed by atoms with E-state index in [0.717, 1.165) is 52.7 Å². The molecule has 0 aliphatic rings. The lowest BCUT2D eigenvalue weighted by molar-refractivity contribution is 0.552. The molecule has 0 aliphatic heterocycles. The molecule has 0 amide bonds. The molecule has 2 aromatic rings. The number of rotatable bonds is 14. The van der Waals surface area contributed by atoms with E-state index in [-0.39, 0.29) is 0 Å². The van der Waals surface area contributed by atoms with E-state index in [1.807, 2.05) is 88.0 Å². The van der Waals surface area contributed by atoms with Crippen LogP contribution in [0.5, 0.6) is 0 Å². The van der Waals surface area contributed by atoms with Gasteiger partial charge in [-0.3, -0.25) is 4.40 Å². The fourth-order valence-corrected chi connectivity index (χ4v) is 3.88. The van der Waals surface area contributed by atoms with Crippen molar-refractivity contribution < 1.29 is 0 Å². The first-order valence-electron chi connectivity index (χ1n) is 14.9. The number of nitrogen functional groups attached to an aromatic ring is 1. The molecule has 42 heavy (non-hydrogen) atoms. The van der Waals surface area contributed by atoms with Gasteiger partial charge in [0.25, 0.3) is 0 Å². The van der Waals surface area contributed by atoms with E-state index in [2.05, 4.69) is 55.6 Å². The van der Waals surface area contributed by atoms with Crippen LogP contribution in [0.4, 0.5) is 5.82 Å². The second-order valence-corrected chi connectivity index (χ2v) is 10.4. The second kappa shape index (κ2) is 23.2. The second-order valence-electron chi connectivity index (χ2n) is 9.96. The molecule has 6 nitrogen and oxygen atoms in total. The number of hydrogen-bond donors (Lipinski definition) is 3. The average molecular weight is 595 g/mol. The number of fused-ring (bicyclic) bond motifs is 1. The lowest BCUT2D eigenvalue weighted by atomic mass is 10.0. The third-order valence-corrected chi connectivity index (χ3v) is 6.66. The van der Waals surface area contributed by atoms with Crippen LogP contribution in [0.1, 0.15) is 91.1 Å². The Morgan fingerprint density at radius 2 is 1.83 bits per heavy atom. The molecule has 0 saturated heterocycles. The van der Waals surface area contributed by atoms with E-state index >= 15 is 0 Å². The van der Waals surface area contributed by atoms with Gasteiger partial charge in [-0.1, -0.05) is 98.7 Å². The standard InChI is InChI=1S/C15H24N6.C12H19Cl.C8H12/c1-5-11(6-7-17-3)15-20-12(10(2)18-4)13-14(16)19-8-9-21(13)15;1-4-6-8-11(3)9-7-10-12(13)5-2;1-4-5-6-7-8(2)3/h8-9,11,17-18H,2,5-7H2,1,3-4H3,(H2,16,19);5,7,9-10H,4,6,8H2,1-3H3;4-7H,2H2,1,3H3/b;10-7-,11-9+,12-5+;5-4-,7-6-. The summed E-state index contributed by atoms with van der Waals surface area (Å²) in [5.41, 5.74) is 10.9. The Kier molecular flexibility index (Phi) is 21.4. The van der Waals surface area contributed by atoms with Gasteiger partial charge in [0.1, 0.15) is 22.9 Å². The van der Waals surface area contributed by atoms with E-state index in [1.165, 1.54) is 24.8 Å². The van der Waals surface area contributed by atoms with Crippen molar-refractivity contribution in [2.45, 2.75) is 79.6 Å². The van der Waals surface area contributed by atoms with Gasteiger partial charge < -0.3 is 16.4 Å². The molecule has 1 unspecified atom stereocenters. The quantitative estimate of drug-likeness (QED) is 0.190. The van der Waals surface area contributed by atoms with E-state index in [4.69, 9.17) is 22.3 Å². The normalized spacial score (nSPS) is 12.8. The third-order valence-electron chi connectivity index (χ3n) is 6.32. The van der Waals surface area contributed by atoms with E-state index < -0.39 is 0 Å². The van der Waals surface area contributed by atoms with Crippen LogP contribution in [0.15, 0.2) is 90.3 Å². The number of nitrogens with one attached hydrogen (secondary N) is 2. The van der Waals surface area contributed by atoms with Gasteiger partial charge in [0, 0.05) is 30.4 Å². The monoisotopic (exact) mass is 594 g/mol. The highest BCUT2D eigenvalue weighted by Crippen LogP contribution is 2.29. The lowest BCUT2D eigenvalue weighted by Gasteiger charge is -2.13. The molecule has 4 N–H and O–H groups in total. The molecule has 0 spiro atoms. The molecule has 0 fully saturated rings. The van der Waals surface area contributed by atoms with E-state index in [0.29, 0.717) is 11.7 Å².